The van der Waals surface area contributed by atoms with E-state index >= 15 is 0 Å². The Kier molecular flexibility index (Phi) is 7.58. The lowest BCUT2D eigenvalue weighted by Gasteiger charge is -2.27. The molecule has 186 valence electrons. The van der Waals surface area contributed by atoms with E-state index in [9.17, 15) is 9.59 Å². The second-order valence-electron chi connectivity index (χ2n) is 9.02. The molecule has 0 bridgehead atoms. The van der Waals surface area contributed by atoms with E-state index in [-0.39, 0.29) is 30.3 Å². The van der Waals surface area contributed by atoms with Crippen LogP contribution < -0.4 is 14.2 Å². The maximum atomic E-state index is 13.5. The van der Waals surface area contributed by atoms with Crippen LogP contribution in [0.3, 0.4) is 0 Å². The molecule has 0 spiro atoms. The van der Waals surface area contributed by atoms with E-state index in [1.54, 1.807) is 33.3 Å². The lowest BCUT2D eigenvalue weighted by atomic mass is 9.97. The van der Waals surface area contributed by atoms with Gasteiger partial charge in [0.25, 0.3) is 5.91 Å². The van der Waals surface area contributed by atoms with Crippen molar-refractivity contribution in [1.29, 1.82) is 0 Å². The summed E-state index contributed by atoms with van der Waals surface area (Å²) in [6.07, 6.45) is 4.42. The standard InChI is InChI=1S/C27H33N3O5/c1-29(27(32)19-7-5-6-8-19)17-26(31)30-24(22-15-21(34-3)13-14-25(22)35-4)16-23(28-30)18-9-11-20(33-2)12-10-18/h9-15,19,24H,5-8,16-17H2,1-4H3. The predicted octanol–water partition coefficient (Wildman–Crippen LogP) is 4.04. The number of carbonyl (C=O) groups excluding carboxylic acids is 2. The highest BCUT2D eigenvalue weighted by Crippen LogP contribution is 2.39. The summed E-state index contributed by atoms with van der Waals surface area (Å²) in [5.41, 5.74) is 2.49. The molecule has 0 radical (unpaired) electrons. The summed E-state index contributed by atoms with van der Waals surface area (Å²) >= 11 is 0. The van der Waals surface area contributed by atoms with Crippen LogP contribution in [-0.4, -0.2) is 62.4 Å². The molecule has 2 aromatic carbocycles. The van der Waals surface area contributed by atoms with E-state index in [0.717, 1.165) is 48.3 Å². The van der Waals surface area contributed by atoms with Crippen LogP contribution in [0.4, 0.5) is 0 Å². The molecule has 2 aliphatic rings. The first-order chi connectivity index (χ1) is 16.9. The third-order valence-electron chi connectivity index (χ3n) is 6.84. The average molecular weight is 480 g/mol. The third kappa shape index (κ3) is 5.26. The molecule has 1 unspecified atom stereocenters. The monoisotopic (exact) mass is 479 g/mol. The second kappa shape index (κ2) is 10.8. The fourth-order valence-corrected chi connectivity index (χ4v) is 4.88. The molecule has 0 saturated heterocycles. The van der Waals surface area contributed by atoms with Crippen LogP contribution in [0.15, 0.2) is 47.6 Å². The molecule has 0 N–H and O–H groups in total. The van der Waals surface area contributed by atoms with Crippen molar-refractivity contribution in [1.82, 2.24) is 9.91 Å². The normalized spacial score (nSPS) is 17.8. The van der Waals surface area contributed by atoms with Gasteiger partial charge in [0.2, 0.25) is 5.91 Å². The first kappa shape index (κ1) is 24.6. The van der Waals surface area contributed by atoms with Gasteiger partial charge in [0, 0.05) is 24.9 Å². The highest BCUT2D eigenvalue weighted by atomic mass is 16.5. The number of likely N-dealkylation sites (N-methyl/N-ethyl adjacent to an activating group) is 1. The Bertz CT molecular complexity index is 1090. The topological polar surface area (TPSA) is 80.7 Å². The van der Waals surface area contributed by atoms with Gasteiger partial charge in [0.05, 0.1) is 33.1 Å². The number of amides is 2. The van der Waals surface area contributed by atoms with Gasteiger partial charge in [-0.15, -0.1) is 0 Å². The minimum absolute atomic E-state index is 0.0130. The van der Waals surface area contributed by atoms with Gasteiger partial charge in [-0.1, -0.05) is 12.8 Å². The Balaban J connectivity index is 1.64. The van der Waals surface area contributed by atoms with Gasteiger partial charge in [-0.2, -0.15) is 5.10 Å². The van der Waals surface area contributed by atoms with Gasteiger partial charge in [-0.25, -0.2) is 5.01 Å². The highest BCUT2D eigenvalue weighted by Gasteiger charge is 2.36. The van der Waals surface area contributed by atoms with E-state index < -0.39 is 0 Å². The lowest BCUT2D eigenvalue weighted by Crippen LogP contribution is -2.41. The van der Waals surface area contributed by atoms with Crippen molar-refractivity contribution in [3.63, 3.8) is 0 Å². The van der Waals surface area contributed by atoms with Crippen LogP contribution in [0.1, 0.15) is 49.3 Å². The number of rotatable bonds is 8. The zero-order valence-corrected chi connectivity index (χ0v) is 20.8. The van der Waals surface area contributed by atoms with Gasteiger partial charge >= 0.3 is 0 Å². The van der Waals surface area contributed by atoms with Gasteiger partial charge in [-0.3, -0.25) is 9.59 Å². The summed E-state index contributed by atoms with van der Waals surface area (Å²) in [5, 5.41) is 6.23. The zero-order valence-electron chi connectivity index (χ0n) is 20.8. The Labute approximate surface area is 206 Å². The van der Waals surface area contributed by atoms with Crippen molar-refractivity contribution >= 4 is 17.5 Å². The molecular weight excluding hydrogens is 446 g/mol. The Morgan fingerprint density at radius 3 is 2.26 bits per heavy atom. The first-order valence-corrected chi connectivity index (χ1v) is 12.0. The minimum atomic E-state index is -0.389. The Hall–Kier alpha value is -3.55. The summed E-state index contributed by atoms with van der Waals surface area (Å²) < 4.78 is 16.3. The molecular formula is C27H33N3O5. The van der Waals surface area contributed by atoms with E-state index in [0.29, 0.717) is 17.9 Å². The molecule has 1 fully saturated rings. The Morgan fingerprint density at radius 1 is 0.971 bits per heavy atom. The van der Waals surface area contributed by atoms with Crippen LogP contribution in [0.2, 0.25) is 0 Å². The molecule has 8 heteroatoms. The minimum Gasteiger partial charge on any atom is -0.497 e. The summed E-state index contributed by atoms with van der Waals surface area (Å²) in [5.74, 6) is 1.87. The molecule has 1 aliphatic carbocycles. The van der Waals surface area contributed by atoms with Gasteiger partial charge in [0.1, 0.15) is 23.8 Å². The van der Waals surface area contributed by atoms with E-state index in [1.165, 1.54) is 5.01 Å². The number of nitrogens with zero attached hydrogens (tertiary/aromatic N) is 3. The maximum Gasteiger partial charge on any atom is 0.262 e. The lowest BCUT2D eigenvalue weighted by molar-refractivity contribution is -0.142. The molecule has 1 saturated carbocycles. The number of benzene rings is 2. The van der Waals surface area contributed by atoms with Gasteiger partial charge in [-0.05, 0) is 60.9 Å². The number of hydrogen-bond acceptors (Lipinski definition) is 6. The third-order valence-corrected chi connectivity index (χ3v) is 6.84. The molecule has 1 atom stereocenters. The van der Waals surface area contributed by atoms with Crippen LogP contribution in [-0.2, 0) is 9.59 Å². The molecule has 0 aromatic heterocycles. The molecule has 4 rings (SSSR count). The molecule has 1 heterocycles. The van der Waals surface area contributed by atoms with E-state index in [1.807, 2.05) is 42.5 Å². The number of carbonyl (C=O) groups is 2. The molecule has 8 nitrogen and oxygen atoms in total. The average Bonchev–Trinajstić information content (AvgIpc) is 3.58. The first-order valence-electron chi connectivity index (χ1n) is 12.0. The number of methoxy groups -OCH3 is 3. The smallest absolute Gasteiger partial charge is 0.262 e. The van der Waals surface area contributed by atoms with Crippen molar-refractivity contribution < 1.29 is 23.8 Å². The van der Waals surface area contributed by atoms with Crippen LogP contribution in [0, 0.1) is 5.92 Å². The quantitative estimate of drug-likeness (QED) is 0.571. The van der Waals surface area contributed by atoms with Crippen molar-refractivity contribution in [3.05, 3.63) is 53.6 Å². The van der Waals surface area contributed by atoms with E-state index in [4.69, 9.17) is 19.3 Å². The van der Waals surface area contributed by atoms with Crippen molar-refractivity contribution in [3.8, 4) is 17.2 Å². The predicted molar refractivity (Wildman–Crippen MR) is 133 cm³/mol. The number of hydrogen-bond donors (Lipinski definition) is 0. The largest absolute Gasteiger partial charge is 0.497 e. The second-order valence-corrected chi connectivity index (χ2v) is 9.02. The fourth-order valence-electron chi connectivity index (χ4n) is 4.88. The fraction of sp³-hybridized carbons (Fsp3) is 0.444. The molecule has 35 heavy (non-hydrogen) atoms. The summed E-state index contributed by atoms with van der Waals surface area (Å²) in [7, 11) is 6.53. The number of hydrazone groups is 1. The summed E-state index contributed by atoms with van der Waals surface area (Å²) in [6, 6.07) is 12.8. The maximum absolute atomic E-state index is 13.5. The van der Waals surface area contributed by atoms with Gasteiger partial charge < -0.3 is 19.1 Å². The van der Waals surface area contributed by atoms with Crippen molar-refractivity contribution in [2.24, 2.45) is 11.0 Å². The summed E-state index contributed by atoms with van der Waals surface area (Å²) in [6.45, 7) is -0.0302. The number of ether oxygens (including phenoxy) is 3. The van der Waals surface area contributed by atoms with Gasteiger partial charge in [0.15, 0.2) is 0 Å². The molecule has 2 amide bonds. The molecule has 2 aromatic rings. The zero-order chi connectivity index (χ0) is 24.9. The van der Waals surface area contributed by atoms with Crippen LogP contribution >= 0.6 is 0 Å². The van der Waals surface area contributed by atoms with E-state index in [2.05, 4.69) is 0 Å². The SMILES string of the molecule is COc1ccc(C2=NN(C(=O)CN(C)C(=O)C3CCCC3)C(c3cc(OC)ccc3OC)C2)cc1. The van der Waals surface area contributed by atoms with Crippen molar-refractivity contribution in [2.45, 2.75) is 38.1 Å². The summed E-state index contributed by atoms with van der Waals surface area (Å²) in [4.78, 5) is 27.9. The van der Waals surface area contributed by atoms with Crippen molar-refractivity contribution in [2.75, 3.05) is 34.9 Å². The Morgan fingerprint density at radius 2 is 1.63 bits per heavy atom. The van der Waals surface area contributed by atoms with Crippen LogP contribution in [0.25, 0.3) is 0 Å². The highest BCUT2D eigenvalue weighted by molar-refractivity contribution is 6.03. The molecule has 1 aliphatic heterocycles. The van der Waals surface area contributed by atoms with Crippen LogP contribution in [0.5, 0.6) is 17.2 Å².